The number of nitrogens with two attached hydrogens (primary N) is 1. The van der Waals surface area contributed by atoms with E-state index in [-0.39, 0.29) is 23.9 Å². The molecule has 2 aromatic rings. The van der Waals surface area contributed by atoms with Crippen molar-refractivity contribution in [3.05, 3.63) is 28.7 Å². The molecule has 29 heavy (non-hydrogen) atoms. The third-order valence-corrected chi connectivity index (χ3v) is 6.06. The zero-order chi connectivity index (χ0) is 20.7. The average molecular weight is 399 g/mol. The maximum Gasteiger partial charge on any atom is 0.329 e. The van der Waals surface area contributed by atoms with Crippen LogP contribution < -0.4 is 21.6 Å². The fourth-order valence-electron chi connectivity index (χ4n) is 4.46. The Balaban J connectivity index is 1.62. The van der Waals surface area contributed by atoms with Gasteiger partial charge in [0.2, 0.25) is 17.7 Å². The first-order valence-electron chi connectivity index (χ1n) is 9.93. The van der Waals surface area contributed by atoms with Crippen molar-refractivity contribution in [2.45, 2.75) is 38.1 Å². The van der Waals surface area contributed by atoms with Gasteiger partial charge < -0.3 is 10.6 Å². The van der Waals surface area contributed by atoms with Crippen LogP contribution in [0.15, 0.2) is 23.0 Å². The third-order valence-electron chi connectivity index (χ3n) is 6.06. The molecule has 1 aromatic carbocycles. The summed E-state index contributed by atoms with van der Waals surface area (Å²) in [6, 6.07) is 5.11. The number of aromatic nitrogens is 2. The standard InChI is InChI=1S/C20H25N5O4/c1-23-16-11-13(24-8-6-12(7-9-24)10-17(21)26)2-3-14(16)25(20(23)29)15-4-5-18(27)22-19(15)28/h2-3,11-12,15H,4-10H2,1H3,(H2,21,26)(H,22,27,28). The molecule has 9 nitrogen and oxygen atoms in total. The molecule has 154 valence electrons. The highest BCUT2D eigenvalue weighted by Gasteiger charge is 2.31. The summed E-state index contributed by atoms with van der Waals surface area (Å²) < 4.78 is 3.03. The van der Waals surface area contributed by atoms with Crippen LogP contribution in [0.4, 0.5) is 5.69 Å². The van der Waals surface area contributed by atoms with E-state index in [0.29, 0.717) is 24.3 Å². The number of rotatable bonds is 4. The summed E-state index contributed by atoms with van der Waals surface area (Å²) in [6.07, 6.45) is 2.76. The number of nitrogens with zero attached hydrogens (tertiary/aromatic N) is 3. The van der Waals surface area contributed by atoms with Crippen molar-refractivity contribution in [3.63, 3.8) is 0 Å². The topological polar surface area (TPSA) is 119 Å². The number of imide groups is 1. The molecule has 4 rings (SSSR count). The van der Waals surface area contributed by atoms with Gasteiger partial charge in [0, 0.05) is 38.7 Å². The Hall–Kier alpha value is -3.10. The van der Waals surface area contributed by atoms with Gasteiger partial charge in [-0.3, -0.25) is 28.8 Å². The van der Waals surface area contributed by atoms with Crippen LogP contribution in [0, 0.1) is 5.92 Å². The highest BCUT2D eigenvalue weighted by Crippen LogP contribution is 2.29. The predicted molar refractivity (Wildman–Crippen MR) is 107 cm³/mol. The van der Waals surface area contributed by atoms with E-state index in [1.54, 1.807) is 11.6 Å². The molecule has 1 atom stereocenters. The van der Waals surface area contributed by atoms with E-state index in [4.69, 9.17) is 5.73 Å². The maximum atomic E-state index is 12.9. The summed E-state index contributed by atoms with van der Waals surface area (Å²) in [6.45, 7) is 1.65. The van der Waals surface area contributed by atoms with E-state index in [9.17, 15) is 19.2 Å². The Bertz CT molecular complexity index is 1050. The molecule has 3 heterocycles. The van der Waals surface area contributed by atoms with Crippen LogP contribution in [0.1, 0.15) is 38.1 Å². The lowest BCUT2D eigenvalue weighted by molar-refractivity contribution is -0.135. The smallest absolute Gasteiger partial charge is 0.329 e. The Morgan fingerprint density at radius 2 is 1.86 bits per heavy atom. The first kappa shape index (κ1) is 19.2. The molecule has 2 fully saturated rings. The molecule has 3 amide bonds. The van der Waals surface area contributed by atoms with Crippen LogP contribution in [0.25, 0.3) is 11.0 Å². The second kappa shape index (κ2) is 7.38. The van der Waals surface area contributed by atoms with E-state index in [2.05, 4.69) is 10.2 Å². The molecule has 0 saturated carbocycles. The maximum absolute atomic E-state index is 12.9. The van der Waals surface area contributed by atoms with Crippen LogP contribution in [0.3, 0.4) is 0 Å². The number of imidazole rings is 1. The molecule has 3 N–H and O–H groups in total. The molecule has 0 bridgehead atoms. The summed E-state index contributed by atoms with van der Waals surface area (Å²) in [5.41, 5.74) is 7.47. The van der Waals surface area contributed by atoms with Gasteiger partial charge in [0.15, 0.2) is 0 Å². The number of hydrogen-bond donors (Lipinski definition) is 2. The lowest BCUT2D eigenvalue weighted by Gasteiger charge is -2.33. The van der Waals surface area contributed by atoms with Crippen molar-refractivity contribution >= 4 is 34.4 Å². The SMILES string of the molecule is Cn1c(=O)n(C2CCC(=O)NC2=O)c2ccc(N3CCC(CC(N)=O)CC3)cc21. The van der Waals surface area contributed by atoms with Crippen molar-refractivity contribution < 1.29 is 14.4 Å². The molecule has 9 heteroatoms. The summed E-state index contributed by atoms with van der Waals surface area (Å²) in [5, 5.41) is 2.32. The number of aryl methyl sites for hydroxylation is 1. The first-order valence-corrected chi connectivity index (χ1v) is 9.93. The molecular weight excluding hydrogens is 374 g/mol. The Kier molecular flexibility index (Phi) is 4.89. The van der Waals surface area contributed by atoms with E-state index < -0.39 is 11.9 Å². The third kappa shape index (κ3) is 3.52. The van der Waals surface area contributed by atoms with Crippen molar-refractivity contribution in [1.82, 2.24) is 14.5 Å². The molecule has 0 spiro atoms. The number of carbonyl (C=O) groups is 3. The number of hydrogen-bond acceptors (Lipinski definition) is 5. The van der Waals surface area contributed by atoms with E-state index in [1.165, 1.54) is 4.57 Å². The normalized spacial score (nSPS) is 20.9. The van der Waals surface area contributed by atoms with Gasteiger partial charge in [-0.05, 0) is 43.4 Å². The summed E-state index contributed by atoms with van der Waals surface area (Å²) in [7, 11) is 1.69. The van der Waals surface area contributed by atoms with Crippen molar-refractivity contribution in [3.8, 4) is 0 Å². The molecular formula is C20H25N5O4. The van der Waals surface area contributed by atoms with Crippen molar-refractivity contribution in [2.75, 3.05) is 18.0 Å². The summed E-state index contributed by atoms with van der Waals surface area (Å²) >= 11 is 0. The van der Waals surface area contributed by atoms with Crippen molar-refractivity contribution in [2.24, 2.45) is 18.7 Å². The van der Waals surface area contributed by atoms with Crippen LogP contribution in [-0.4, -0.2) is 39.9 Å². The number of benzene rings is 1. The minimum atomic E-state index is -0.681. The molecule has 2 aliphatic rings. The monoisotopic (exact) mass is 399 g/mol. The fraction of sp³-hybridized carbons (Fsp3) is 0.500. The number of fused-ring (bicyclic) bond motifs is 1. The molecule has 1 aromatic heterocycles. The van der Waals surface area contributed by atoms with Gasteiger partial charge in [-0.2, -0.15) is 0 Å². The molecule has 2 saturated heterocycles. The number of primary amides is 1. The van der Waals surface area contributed by atoms with E-state index >= 15 is 0 Å². The second-order valence-electron chi connectivity index (χ2n) is 7.95. The van der Waals surface area contributed by atoms with Gasteiger partial charge >= 0.3 is 5.69 Å². The van der Waals surface area contributed by atoms with Crippen LogP contribution in [-0.2, 0) is 21.4 Å². The fourth-order valence-corrected chi connectivity index (χ4v) is 4.46. The predicted octanol–water partition coefficient (Wildman–Crippen LogP) is 0.410. The number of anilines is 1. The highest BCUT2D eigenvalue weighted by molar-refractivity contribution is 6.00. The van der Waals surface area contributed by atoms with Crippen LogP contribution >= 0.6 is 0 Å². The average Bonchev–Trinajstić information content (AvgIpc) is 2.93. The van der Waals surface area contributed by atoms with Gasteiger partial charge in [0.1, 0.15) is 6.04 Å². The zero-order valence-corrected chi connectivity index (χ0v) is 16.4. The molecule has 0 aliphatic carbocycles. The number of piperidine rings is 2. The highest BCUT2D eigenvalue weighted by atomic mass is 16.2. The van der Waals surface area contributed by atoms with Crippen LogP contribution in [0.2, 0.25) is 0 Å². The minimum absolute atomic E-state index is 0.220. The van der Waals surface area contributed by atoms with Crippen LogP contribution in [0.5, 0.6) is 0 Å². The van der Waals surface area contributed by atoms with Gasteiger partial charge in [0.05, 0.1) is 11.0 Å². The number of carbonyl (C=O) groups excluding carboxylic acids is 3. The number of amides is 3. The van der Waals surface area contributed by atoms with E-state index in [0.717, 1.165) is 37.1 Å². The molecule has 0 radical (unpaired) electrons. The lowest BCUT2D eigenvalue weighted by atomic mass is 9.93. The first-order chi connectivity index (χ1) is 13.8. The quantitative estimate of drug-likeness (QED) is 0.722. The van der Waals surface area contributed by atoms with E-state index in [1.807, 2.05) is 18.2 Å². The van der Waals surface area contributed by atoms with Crippen molar-refractivity contribution in [1.29, 1.82) is 0 Å². The van der Waals surface area contributed by atoms with Gasteiger partial charge in [0.25, 0.3) is 0 Å². The van der Waals surface area contributed by atoms with Gasteiger partial charge in [-0.1, -0.05) is 0 Å². The Morgan fingerprint density at radius 3 is 2.52 bits per heavy atom. The minimum Gasteiger partial charge on any atom is -0.371 e. The molecule has 1 unspecified atom stereocenters. The summed E-state index contributed by atoms with van der Waals surface area (Å²) in [5.74, 6) is -0.668. The zero-order valence-electron chi connectivity index (χ0n) is 16.4. The lowest BCUT2D eigenvalue weighted by Crippen LogP contribution is -2.44. The number of nitrogens with one attached hydrogen (secondary N) is 1. The largest absolute Gasteiger partial charge is 0.371 e. The van der Waals surface area contributed by atoms with Gasteiger partial charge in [-0.25, -0.2) is 4.79 Å². The Morgan fingerprint density at radius 1 is 1.14 bits per heavy atom. The molecule has 2 aliphatic heterocycles. The van der Waals surface area contributed by atoms with Gasteiger partial charge in [-0.15, -0.1) is 0 Å². The Labute approximate surface area is 167 Å². The second-order valence-corrected chi connectivity index (χ2v) is 7.95. The summed E-state index contributed by atoms with van der Waals surface area (Å²) in [4.78, 5) is 50.0.